The third kappa shape index (κ3) is 2.98. The number of nitrogens with one attached hydrogen (secondary N) is 2. The summed E-state index contributed by atoms with van der Waals surface area (Å²) in [6, 6.07) is 9.60. The molecule has 0 unspecified atom stereocenters. The van der Waals surface area contributed by atoms with E-state index in [1.165, 1.54) is 0 Å². The van der Waals surface area contributed by atoms with Crippen LogP contribution in [0.25, 0.3) is 5.69 Å². The zero-order valence-electron chi connectivity index (χ0n) is 12.5. The van der Waals surface area contributed by atoms with Gasteiger partial charge in [-0.05, 0) is 44.1 Å². The van der Waals surface area contributed by atoms with Crippen LogP contribution in [0.3, 0.4) is 0 Å². The van der Waals surface area contributed by atoms with Crippen LogP contribution in [-0.2, 0) is 4.74 Å². The third-order valence-corrected chi connectivity index (χ3v) is 4.25. The number of rotatable bonds is 4. The van der Waals surface area contributed by atoms with Crippen LogP contribution in [0.2, 0.25) is 0 Å². The standard InChI is InChI=1S/C16H19N3O2S/c1-16(8-5-9-21-16)11-18-14(20)13-10-17-15(22)19(13)12-6-3-2-4-7-12/h2-4,6-7,10H,5,8-9,11H2,1H3,(H,17,22)(H,18,20)/t16-/m1/s1. The number of aromatic amines is 1. The van der Waals surface area contributed by atoms with Crippen LogP contribution in [0, 0.1) is 4.77 Å². The first-order valence-electron chi connectivity index (χ1n) is 7.37. The highest BCUT2D eigenvalue weighted by molar-refractivity contribution is 7.71. The number of hydrogen-bond donors (Lipinski definition) is 2. The molecule has 3 rings (SSSR count). The van der Waals surface area contributed by atoms with Gasteiger partial charge in [-0.15, -0.1) is 0 Å². The molecule has 1 atom stereocenters. The Hall–Kier alpha value is -1.92. The molecule has 0 spiro atoms. The van der Waals surface area contributed by atoms with Crippen LogP contribution in [0.1, 0.15) is 30.3 Å². The highest BCUT2D eigenvalue weighted by Crippen LogP contribution is 2.24. The highest BCUT2D eigenvalue weighted by Gasteiger charge is 2.30. The Kier molecular flexibility index (Phi) is 4.13. The Labute approximate surface area is 134 Å². The van der Waals surface area contributed by atoms with E-state index in [1.807, 2.05) is 37.3 Å². The van der Waals surface area contributed by atoms with Crippen molar-refractivity contribution in [2.45, 2.75) is 25.4 Å². The van der Waals surface area contributed by atoms with Crippen molar-refractivity contribution >= 4 is 18.1 Å². The molecule has 1 aromatic heterocycles. The minimum atomic E-state index is -0.264. The van der Waals surface area contributed by atoms with E-state index < -0.39 is 0 Å². The molecule has 1 saturated heterocycles. The second-order valence-electron chi connectivity index (χ2n) is 5.73. The Morgan fingerprint density at radius 3 is 2.91 bits per heavy atom. The zero-order chi connectivity index (χ0) is 15.6. The van der Waals surface area contributed by atoms with Gasteiger partial charge in [-0.25, -0.2) is 0 Å². The molecule has 1 aliphatic rings. The van der Waals surface area contributed by atoms with Crippen LogP contribution < -0.4 is 5.32 Å². The number of hydrogen-bond acceptors (Lipinski definition) is 3. The highest BCUT2D eigenvalue weighted by atomic mass is 32.1. The molecule has 0 radical (unpaired) electrons. The lowest BCUT2D eigenvalue weighted by Crippen LogP contribution is -2.40. The minimum absolute atomic E-state index is 0.159. The van der Waals surface area contributed by atoms with Gasteiger partial charge in [0.1, 0.15) is 5.69 Å². The van der Waals surface area contributed by atoms with Crippen LogP contribution in [0.4, 0.5) is 0 Å². The molecule has 0 bridgehead atoms. The number of imidazole rings is 1. The summed E-state index contributed by atoms with van der Waals surface area (Å²) in [6.45, 7) is 3.29. The number of carbonyl (C=O) groups excluding carboxylic acids is 1. The molecule has 1 aromatic carbocycles. The predicted octanol–water partition coefficient (Wildman–Crippen LogP) is 2.83. The molecule has 0 saturated carbocycles. The van der Waals surface area contributed by atoms with E-state index in [2.05, 4.69) is 10.3 Å². The normalized spacial score (nSPS) is 21.0. The van der Waals surface area contributed by atoms with Crippen molar-refractivity contribution in [2.24, 2.45) is 0 Å². The second kappa shape index (κ2) is 6.06. The van der Waals surface area contributed by atoms with Crippen molar-refractivity contribution in [3.8, 4) is 5.69 Å². The van der Waals surface area contributed by atoms with E-state index >= 15 is 0 Å². The quantitative estimate of drug-likeness (QED) is 0.853. The Morgan fingerprint density at radius 1 is 1.45 bits per heavy atom. The summed E-state index contributed by atoms with van der Waals surface area (Å²) in [7, 11) is 0. The Bertz CT molecular complexity index is 714. The number of ether oxygens (including phenoxy) is 1. The van der Waals surface area contributed by atoms with Crippen LogP contribution in [-0.4, -0.2) is 34.2 Å². The second-order valence-corrected chi connectivity index (χ2v) is 6.12. The fraction of sp³-hybridized carbons (Fsp3) is 0.375. The lowest BCUT2D eigenvalue weighted by molar-refractivity contribution is 0.0205. The summed E-state index contributed by atoms with van der Waals surface area (Å²) in [5, 5.41) is 2.95. The van der Waals surface area contributed by atoms with Crippen molar-refractivity contribution in [3.63, 3.8) is 0 Å². The summed E-state index contributed by atoms with van der Waals surface area (Å²) in [6.07, 6.45) is 3.64. The van der Waals surface area contributed by atoms with Crippen molar-refractivity contribution in [3.05, 3.63) is 47.0 Å². The predicted molar refractivity (Wildman–Crippen MR) is 86.9 cm³/mol. The molecule has 5 nitrogen and oxygen atoms in total. The van der Waals surface area contributed by atoms with Crippen molar-refractivity contribution in [1.29, 1.82) is 0 Å². The molecule has 1 amide bonds. The van der Waals surface area contributed by atoms with E-state index in [0.717, 1.165) is 25.1 Å². The average molecular weight is 317 g/mol. The van der Waals surface area contributed by atoms with Crippen LogP contribution in [0.5, 0.6) is 0 Å². The van der Waals surface area contributed by atoms with E-state index in [1.54, 1.807) is 10.8 Å². The molecule has 1 aliphatic heterocycles. The van der Waals surface area contributed by atoms with Gasteiger partial charge < -0.3 is 15.0 Å². The van der Waals surface area contributed by atoms with E-state index in [4.69, 9.17) is 17.0 Å². The smallest absolute Gasteiger partial charge is 0.269 e. The third-order valence-electron chi connectivity index (χ3n) is 3.95. The van der Waals surface area contributed by atoms with Crippen LogP contribution in [0.15, 0.2) is 36.5 Å². The molecule has 2 N–H and O–H groups in total. The van der Waals surface area contributed by atoms with E-state index in [-0.39, 0.29) is 11.5 Å². The minimum Gasteiger partial charge on any atom is -0.373 e. The van der Waals surface area contributed by atoms with E-state index in [0.29, 0.717) is 17.0 Å². The maximum Gasteiger partial charge on any atom is 0.269 e. The van der Waals surface area contributed by atoms with Gasteiger partial charge in [0, 0.05) is 25.0 Å². The zero-order valence-corrected chi connectivity index (χ0v) is 13.3. The van der Waals surface area contributed by atoms with Gasteiger partial charge in [0.05, 0.1) is 5.60 Å². The topological polar surface area (TPSA) is 59.0 Å². The van der Waals surface area contributed by atoms with Gasteiger partial charge in [-0.2, -0.15) is 0 Å². The molecule has 6 heteroatoms. The van der Waals surface area contributed by atoms with Gasteiger partial charge in [0.15, 0.2) is 4.77 Å². The Balaban J connectivity index is 1.80. The number of carbonyl (C=O) groups is 1. The molecule has 1 fully saturated rings. The summed E-state index contributed by atoms with van der Waals surface area (Å²) in [5.74, 6) is -0.159. The monoisotopic (exact) mass is 317 g/mol. The molecular formula is C16H19N3O2S. The van der Waals surface area contributed by atoms with Gasteiger partial charge in [-0.1, -0.05) is 18.2 Å². The number of H-pyrrole nitrogens is 1. The van der Waals surface area contributed by atoms with Crippen molar-refractivity contribution in [2.75, 3.05) is 13.2 Å². The van der Waals surface area contributed by atoms with Crippen molar-refractivity contribution in [1.82, 2.24) is 14.9 Å². The van der Waals surface area contributed by atoms with Gasteiger partial charge >= 0.3 is 0 Å². The fourth-order valence-electron chi connectivity index (χ4n) is 2.70. The largest absolute Gasteiger partial charge is 0.373 e. The summed E-state index contributed by atoms with van der Waals surface area (Å²) in [4.78, 5) is 15.4. The molecule has 0 aliphatic carbocycles. The molecule has 116 valence electrons. The maximum atomic E-state index is 12.5. The Morgan fingerprint density at radius 2 is 2.23 bits per heavy atom. The van der Waals surface area contributed by atoms with Gasteiger partial charge in [0.2, 0.25) is 0 Å². The molecule has 2 aromatic rings. The number of benzene rings is 1. The first kappa shape index (κ1) is 15.0. The fourth-order valence-corrected chi connectivity index (χ4v) is 2.97. The van der Waals surface area contributed by atoms with Crippen LogP contribution >= 0.6 is 12.2 Å². The number of para-hydroxylation sites is 1. The SMILES string of the molecule is C[C@]1(CNC(=O)c2c[nH]c(=S)n2-c2ccccc2)CCCO1. The molecular weight excluding hydrogens is 298 g/mol. The summed E-state index contributed by atoms with van der Waals surface area (Å²) in [5.41, 5.74) is 1.10. The lowest BCUT2D eigenvalue weighted by Gasteiger charge is -2.23. The number of nitrogens with zero attached hydrogens (tertiary/aromatic N) is 1. The first-order chi connectivity index (χ1) is 10.6. The van der Waals surface area contributed by atoms with Crippen molar-refractivity contribution < 1.29 is 9.53 Å². The molecule has 22 heavy (non-hydrogen) atoms. The van der Waals surface area contributed by atoms with Gasteiger partial charge in [0.25, 0.3) is 5.91 Å². The summed E-state index contributed by atoms with van der Waals surface area (Å²) >= 11 is 5.29. The lowest BCUT2D eigenvalue weighted by atomic mass is 10.0. The van der Waals surface area contributed by atoms with E-state index in [9.17, 15) is 4.79 Å². The first-order valence-corrected chi connectivity index (χ1v) is 7.78. The number of aromatic nitrogens is 2. The average Bonchev–Trinajstić information content (AvgIpc) is 3.13. The van der Waals surface area contributed by atoms with Gasteiger partial charge in [-0.3, -0.25) is 9.36 Å². The molecule has 2 heterocycles. The maximum absolute atomic E-state index is 12.5. The summed E-state index contributed by atoms with van der Waals surface area (Å²) < 4.78 is 7.94. The number of amides is 1.